The average molecular weight is 410 g/mol. The minimum absolute atomic E-state index is 0.199. The fraction of sp³-hybridized carbons (Fsp3) is 0.842. The van der Waals surface area contributed by atoms with Crippen molar-refractivity contribution in [1.82, 2.24) is 30.0 Å². The van der Waals surface area contributed by atoms with Gasteiger partial charge in [-0.3, -0.25) is 0 Å². The van der Waals surface area contributed by atoms with Crippen LogP contribution in [-0.4, -0.2) is 54.0 Å². The van der Waals surface area contributed by atoms with Crippen molar-refractivity contribution < 1.29 is 5.11 Å². The highest BCUT2D eigenvalue weighted by molar-refractivity contribution is 7.99. The molecule has 2 rings (SSSR count). The SMILES string of the molecule is CCCCCCCCCCCCSc1nnc2nnc(NCCCCO)nn12. The number of hydrogen-bond donors (Lipinski definition) is 2. The Morgan fingerprint density at radius 3 is 2.21 bits per heavy atom. The lowest BCUT2D eigenvalue weighted by atomic mass is 10.1. The number of hydrogen-bond acceptors (Lipinski definition) is 8. The molecular weight excluding hydrogens is 374 g/mol. The quantitative estimate of drug-likeness (QED) is 0.297. The highest BCUT2D eigenvalue weighted by Crippen LogP contribution is 2.18. The second-order valence-corrected chi connectivity index (χ2v) is 8.17. The molecule has 0 bridgehead atoms. The standard InChI is InChI=1S/C19H35N7OS/c1-2-3-4-5-6-7-8-9-10-13-16-28-19-24-23-18-22-21-17(25-26(18)19)20-14-11-12-15-27/h27H,2-16H2,1H3,(H,20,25). The van der Waals surface area contributed by atoms with Gasteiger partial charge >= 0.3 is 0 Å². The van der Waals surface area contributed by atoms with Crippen LogP contribution in [0.2, 0.25) is 0 Å². The van der Waals surface area contributed by atoms with Gasteiger partial charge in [0.15, 0.2) is 0 Å². The van der Waals surface area contributed by atoms with E-state index in [2.05, 4.69) is 37.7 Å². The van der Waals surface area contributed by atoms with Gasteiger partial charge in [0.05, 0.1) is 0 Å². The number of aromatic nitrogens is 6. The summed E-state index contributed by atoms with van der Waals surface area (Å²) in [5.74, 6) is 1.90. The van der Waals surface area contributed by atoms with Crippen LogP contribution >= 0.6 is 11.8 Å². The molecule has 0 spiro atoms. The van der Waals surface area contributed by atoms with Crippen molar-refractivity contribution in [1.29, 1.82) is 0 Å². The molecule has 2 aromatic heterocycles. The summed E-state index contributed by atoms with van der Waals surface area (Å²) < 4.78 is 1.66. The first-order valence-corrected chi connectivity index (χ1v) is 11.8. The predicted octanol–water partition coefficient (Wildman–Crippen LogP) is 4.11. The van der Waals surface area contributed by atoms with Gasteiger partial charge in [0.25, 0.3) is 11.7 Å². The van der Waals surface area contributed by atoms with E-state index in [1.165, 1.54) is 64.2 Å². The molecule has 0 saturated carbocycles. The van der Waals surface area contributed by atoms with Crippen LogP contribution < -0.4 is 5.32 Å². The molecule has 0 fully saturated rings. The fourth-order valence-corrected chi connectivity index (χ4v) is 3.84. The van der Waals surface area contributed by atoms with Crippen molar-refractivity contribution >= 4 is 23.5 Å². The van der Waals surface area contributed by atoms with E-state index in [1.54, 1.807) is 16.3 Å². The summed E-state index contributed by atoms with van der Waals surface area (Å²) in [6, 6.07) is 0. The normalized spacial score (nSPS) is 11.4. The molecule has 2 heterocycles. The van der Waals surface area contributed by atoms with Crippen molar-refractivity contribution in [3.05, 3.63) is 0 Å². The van der Waals surface area contributed by atoms with Gasteiger partial charge in [-0.05, 0) is 19.3 Å². The summed E-state index contributed by atoms with van der Waals surface area (Å²) in [5.41, 5.74) is 0. The van der Waals surface area contributed by atoms with Crippen molar-refractivity contribution in [2.45, 2.75) is 89.1 Å². The van der Waals surface area contributed by atoms with Crippen LogP contribution in [0.25, 0.3) is 5.78 Å². The monoisotopic (exact) mass is 409 g/mol. The molecule has 0 saturated heterocycles. The molecule has 0 radical (unpaired) electrons. The minimum Gasteiger partial charge on any atom is -0.396 e. The summed E-state index contributed by atoms with van der Waals surface area (Å²) >= 11 is 1.67. The first kappa shape index (κ1) is 22.8. The highest BCUT2D eigenvalue weighted by Gasteiger charge is 2.10. The van der Waals surface area contributed by atoms with Crippen molar-refractivity contribution in [3.63, 3.8) is 0 Å². The van der Waals surface area contributed by atoms with E-state index < -0.39 is 0 Å². The first-order chi connectivity index (χ1) is 13.8. The molecule has 0 aliphatic heterocycles. The zero-order valence-electron chi connectivity index (χ0n) is 17.1. The molecule has 2 aromatic rings. The Labute approximate surface area is 172 Å². The molecule has 0 aliphatic carbocycles. The highest BCUT2D eigenvalue weighted by atomic mass is 32.2. The Balaban J connectivity index is 1.61. The maximum absolute atomic E-state index is 8.82. The number of rotatable bonds is 17. The summed E-state index contributed by atoms with van der Waals surface area (Å²) in [6.45, 7) is 3.17. The van der Waals surface area contributed by atoms with E-state index in [1.807, 2.05) is 0 Å². The van der Waals surface area contributed by atoms with E-state index in [-0.39, 0.29) is 6.61 Å². The number of anilines is 1. The molecule has 9 heteroatoms. The number of nitrogens with zero attached hydrogens (tertiary/aromatic N) is 6. The molecular formula is C19H35N7OS. The van der Waals surface area contributed by atoms with Gasteiger partial charge in [-0.15, -0.1) is 25.5 Å². The number of nitrogens with one attached hydrogen (secondary N) is 1. The third kappa shape index (κ3) is 8.68. The second-order valence-electron chi connectivity index (χ2n) is 7.11. The maximum Gasteiger partial charge on any atom is 0.291 e. The van der Waals surface area contributed by atoms with Crippen LogP contribution in [0.4, 0.5) is 5.95 Å². The molecule has 0 aliphatic rings. The maximum atomic E-state index is 8.82. The molecule has 0 atom stereocenters. The Hall–Kier alpha value is -1.48. The third-order valence-corrected chi connectivity index (χ3v) is 5.63. The zero-order chi connectivity index (χ0) is 19.9. The zero-order valence-corrected chi connectivity index (χ0v) is 18.0. The Bertz CT molecular complexity index is 652. The van der Waals surface area contributed by atoms with Gasteiger partial charge < -0.3 is 10.4 Å². The van der Waals surface area contributed by atoms with Crippen LogP contribution in [0.1, 0.15) is 84.0 Å². The van der Waals surface area contributed by atoms with E-state index in [0.29, 0.717) is 18.3 Å². The number of unbranched alkanes of at least 4 members (excludes halogenated alkanes) is 10. The molecule has 0 amide bonds. The fourth-order valence-electron chi connectivity index (χ4n) is 2.97. The number of fused-ring (bicyclic) bond motifs is 1. The topological polar surface area (TPSA) is 101 Å². The minimum atomic E-state index is 0.199. The number of aliphatic hydroxyl groups excluding tert-OH is 1. The Morgan fingerprint density at radius 2 is 1.50 bits per heavy atom. The summed E-state index contributed by atoms with van der Waals surface area (Å²) in [4.78, 5) is 0. The molecule has 8 nitrogen and oxygen atoms in total. The van der Waals surface area contributed by atoms with Gasteiger partial charge in [0, 0.05) is 18.9 Å². The van der Waals surface area contributed by atoms with Crippen LogP contribution in [0.3, 0.4) is 0 Å². The third-order valence-electron chi connectivity index (χ3n) is 4.62. The van der Waals surface area contributed by atoms with Gasteiger partial charge in [0.2, 0.25) is 5.16 Å². The van der Waals surface area contributed by atoms with E-state index in [0.717, 1.165) is 23.8 Å². The lowest BCUT2D eigenvalue weighted by Gasteiger charge is -2.04. The van der Waals surface area contributed by atoms with Crippen LogP contribution in [0.15, 0.2) is 5.16 Å². The second kappa shape index (κ2) is 14.5. The Morgan fingerprint density at radius 1 is 0.821 bits per heavy atom. The molecule has 0 unspecified atom stereocenters. The smallest absolute Gasteiger partial charge is 0.291 e. The molecule has 158 valence electrons. The number of thioether (sulfide) groups is 1. The molecule has 2 N–H and O–H groups in total. The van der Waals surface area contributed by atoms with E-state index in [9.17, 15) is 0 Å². The van der Waals surface area contributed by atoms with E-state index >= 15 is 0 Å². The number of aliphatic hydroxyl groups is 1. The molecule has 28 heavy (non-hydrogen) atoms. The van der Waals surface area contributed by atoms with Crippen molar-refractivity contribution in [2.75, 3.05) is 24.2 Å². The van der Waals surface area contributed by atoms with Gasteiger partial charge in [-0.2, -0.15) is 4.52 Å². The van der Waals surface area contributed by atoms with Gasteiger partial charge in [-0.25, -0.2) is 0 Å². The summed E-state index contributed by atoms with van der Waals surface area (Å²) in [7, 11) is 0. The van der Waals surface area contributed by atoms with Crippen LogP contribution in [-0.2, 0) is 0 Å². The van der Waals surface area contributed by atoms with Crippen LogP contribution in [0.5, 0.6) is 0 Å². The van der Waals surface area contributed by atoms with Gasteiger partial charge in [0.1, 0.15) is 0 Å². The predicted molar refractivity (Wildman–Crippen MR) is 114 cm³/mol. The summed E-state index contributed by atoms with van der Waals surface area (Å²) in [5, 5.41) is 33.4. The average Bonchev–Trinajstić information content (AvgIpc) is 3.12. The Kier molecular flexibility index (Phi) is 11.8. The molecule has 0 aromatic carbocycles. The largest absolute Gasteiger partial charge is 0.396 e. The van der Waals surface area contributed by atoms with Gasteiger partial charge in [-0.1, -0.05) is 76.5 Å². The summed E-state index contributed by atoms with van der Waals surface area (Å²) in [6.07, 6.45) is 15.0. The first-order valence-electron chi connectivity index (χ1n) is 10.8. The van der Waals surface area contributed by atoms with E-state index in [4.69, 9.17) is 5.11 Å². The van der Waals surface area contributed by atoms with Crippen LogP contribution in [0, 0.1) is 0 Å². The van der Waals surface area contributed by atoms with Crippen molar-refractivity contribution in [3.8, 4) is 0 Å². The lowest BCUT2D eigenvalue weighted by molar-refractivity contribution is 0.286. The lowest BCUT2D eigenvalue weighted by Crippen LogP contribution is -2.10. The van der Waals surface area contributed by atoms with Crippen molar-refractivity contribution in [2.24, 2.45) is 0 Å².